The highest BCUT2D eigenvalue weighted by Crippen LogP contribution is 2.53. The van der Waals surface area contributed by atoms with Crippen molar-refractivity contribution >= 4 is 23.6 Å². The molecule has 2 aliphatic heterocycles. The minimum Gasteiger partial charge on any atom is -0.466 e. The Kier molecular flexibility index (Phi) is 7.83. The third-order valence-corrected chi connectivity index (χ3v) is 7.95. The van der Waals surface area contributed by atoms with E-state index in [-0.39, 0.29) is 47.3 Å². The summed E-state index contributed by atoms with van der Waals surface area (Å²) in [5, 5.41) is 6.32. The molecule has 1 saturated carbocycles. The van der Waals surface area contributed by atoms with E-state index < -0.39 is 11.9 Å². The van der Waals surface area contributed by atoms with Crippen molar-refractivity contribution in [3.05, 3.63) is 42.1 Å². The first-order valence-corrected chi connectivity index (χ1v) is 14.0. The number of carbonyl (C=O) groups is 3. The average molecular weight is 535 g/mol. The van der Waals surface area contributed by atoms with Crippen molar-refractivity contribution in [1.29, 1.82) is 0 Å². The lowest BCUT2D eigenvalue weighted by atomic mass is 10.0. The van der Waals surface area contributed by atoms with E-state index in [2.05, 4.69) is 20.5 Å². The number of piperazine rings is 1. The number of carbonyl (C=O) groups excluding carboxylic acids is 3. The van der Waals surface area contributed by atoms with Crippen LogP contribution in [0.2, 0.25) is 0 Å². The Morgan fingerprint density at radius 3 is 2.46 bits per heavy atom. The maximum absolute atomic E-state index is 13.6. The van der Waals surface area contributed by atoms with Gasteiger partial charge in [-0.25, -0.2) is 9.97 Å². The van der Waals surface area contributed by atoms with Gasteiger partial charge in [-0.3, -0.25) is 14.4 Å². The molecule has 2 aromatic rings. The molecular weight excluding hydrogens is 496 g/mol. The molecule has 2 amide bonds. The van der Waals surface area contributed by atoms with Gasteiger partial charge in [0.1, 0.15) is 17.6 Å². The van der Waals surface area contributed by atoms with Crippen LogP contribution in [-0.4, -0.2) is 84.1 Å². The number of ether oxygens (including phenoxy) is 1. The van der Waals surface area contributed by atoms with E-state index in [0.29, 0.717) is 44.4 Å². The molecule has 39 heavy (non-hydrogen) atoms. The Morgan fingerprint density at radius 1 is 1.10 bits per heavy atom. The first-order chi connectivity index (χ1) is 18.8. The summed E-state index contributed by atoms with van der Waals surface area (Å²) in [6.45, 7) is 11.4. The second-order valence-electron chi connectivity index (χ2n) is 11.1. The van der Waals surface area contributed by atoms with Crippen molar-refractivity contribution in [3.8, 4) is 11.4 Å². The molecule has 2 saturated heterocycles. The van der Waals surface area contributed by atoms with Crippen molar-refractivity contribution in [2.75, 3.05) is 44.2 Å². The van der Waals surface area contributed by atoms with E-state index in [1.165, 1.54) is 0 Å². The van der Waals surface area contributed by atoms with Crippen molar-refractivity contribution in [2.45, 2.75) is 39.8 Å². The number of nitrogens with one attached hydrogen (secondary N) is 2. The lowest BCUT2D eigenvalue weighted by molar-refractivity contribution is -0.145. The third-order valence-electron chi connectivity index (χ3n) is 7.95. The molecule has 3 heterocycles. The Morgan fingerprint density at radius 2 is 1.82 bits per heavy atom. The predicted octanol–water partition coefficient (Wildman–Crippen LogP) is 1.96. The Bertz CT molecular complexity index is 1210. The molecule has 10 nitrogen and oxygen atoms in total. The monoisotopic (exact) mass is 534 g/mol. The number of benzene rings is 1. The van der Waals surface area contributed by atoms with Gasteiger partial charge in [-0.1, -0.05) is 44.2 Å². The van der Waals surface area contributed by atoms with Crippen molar-refractivity contribution in [1.82, 2.24) is 25.5 Å². The fourth-order valence-corrected chi connectivity index (χ4v) is 5.79. The van der Waals surface area contributed by atoms with E-state index in [4.69, 9.17) is 9.72 Å². The predicted molar refractivity (Wildman–Crippen MR) is 147 cm³/mol. The summed E-state index contributed by atoms with van der Waals surface area (Å²) >= 11 is 0. The van der Waals surface area contributed by atoms with Crippen LogP contribution < -0.4 is 15.5 Å². The van der Waals surface area contributed by atoms with Crippen LogP contribution in [0.5, 0.6) is 0 Å². The first kappa shape index (κ1) is 27.1. The van der Waals surface area contributed by atoms with Gasteiger partial charge in [0.25, 0.3) is 5.91 Å². The van der Waals surface area contributed by atoms with E-state index in [1.807, 2.05) is 62.9 Å². The quantitative estimate of drug-likeness (QED) is 0.494. The number of nitrogens with zero attached hydrogens (tertiary/aromatic N) is 4. The number of piperidine rings is 1. The summed E-state index contributed by atoms with van der Waals surface area (Å²) in [7, 11) is 0. The van der Waals surface area contributed by atoms with Crippen LogP contribution in [-0.2, 0) is 14.3 Å². The van der Waals surface area contributed by atoms with Gasteiger partial charge in [0.05, 0.1) is 12.5 Å². The van der Waals surface area contributed by atoms with Crippen molar-refractivity contribution in [3.63, 3.8) is 0 Å². The number of amides is 2. The number of fused-ring (bicyclic) bond motifs is 1. The molecule has 5 atom stereocenters. The van der Waals surface area contributed by atoms with Crippen LogP contribution in [0.1, 0.15) is 38.2 Å². The largest absolute Gasteiger partial charge is 0.466 e. The lowest BCUT2D eigenvalue weighted by Gasteiger charge is -2.35. The van der Waals surface area contributed by atoms with Gasteiger partial charge in [-0.05, 0) is 31.6 Å². The lowest BCUT2D eigenvalue weighted by Crippen LogP contribution is -2.58. The van der Waals surface area contributed by atoms with E-state index in [9.17, 15) is 14.4 Å². The van der Waals surface area contributed by atoms with Crippen LogP contribution in [0, 0.1) is 23.7 Å². The van der Waals surface area contributed by atoms with E-state index in [0.717, 1.165) is 12.1 Å². The highest BCUT2D eigenvalue weighted by Gasteiger charge is 2.60. The van der Waals surface area contributed by atoms with Crippen LogP contribution >= 0.6 is 0 Å². The molecule has 3 aliphatic rings. The SMILES string of the molecule is CCOC(=O)[C@@H]1[C@@H]2CN(c3cc(C(=O)N[C@H](C(=O)N4CCN[C@H](C)C4)C(C)C)nc(-c4ccccc4)n3)C[C@@H]21. The summed E-state index contributed by atoms with van der Waals surface area (Å²) in [4.78, 5) is 52.6. The molecule has 1 aliphatic carbocycles. The van der Waals surface area contributed by atoms with Crippen LogP contribution in [0.15, 0.2) is 36.4 Å². The summed E-state index contributed by atoms with van der Waals surface area (Å²) < 4.78 is 5.23. The molecule has 0 unspecified atom stereocenters. The van der Waals surface area contributed by atoms with E-state index >= 15 is 0 Å². The Balaban J connectivity index is 1.37. The highest BCUT2D eigenvalue weighted by molar-refractivity contribution is 5.97. The summed E-state index contributed by atoms with van der Waals surface area (Å²) in [6, 6.07) is 10.8. The summed E-state index contributed by atoms with van der Waals surface area (Å²) in [5.74, 6) is 0.826. The zero-order chi connectivity index (χ0) is 27.7. The Labute approximate surface area is 229 Å². The molecule has 0 spiro atoms. The minimum absolute atomic E-state index is 0.0510. The zero-order valence-electron chi connectivity index (χ0n) is 23.1. The standard InChI is InChI=1S/C29H38N6O4/c1-5-39-29(38)24-20-15-35(16-21(20)24)23-13-22(31-26(32-23)19-9-7-6-8-10-19)27(36)33-25(17(2)3)28(37)34-12-11-30-18(4)14-34/h6-10,13,17-18,20-21,24-25,30H,5,11-12,14-16H2,1-4H3,(H,33,36)/t18-,20-,21+,24-,25+/m1/s1. The number of esters is 1. The van der Waals surface area contributed by atoms with Gasteiger partial charge in [0, 0.05) is 50.4 Å². The maximum atomic E-state index is 13.6. The molecule has 208 valence electrons. The number of rotatable bonds is 8. The molecule has 0 radical (unpaired) electrons. The van der Waals surface area contributed by atoms with Crippen molar-refractivity contribution < 1.29 is 19.1 Å². The fraction of sp³-hybridized carbons (Fsp3) is 0.552. The van der Waals surface area contributed by atoms with E-state index in [1.54, 1.807) is 6.07 Å². The molecule has 1 aromatic heterocycles. The van der Waals surface area contributed by atoms with Crippen LogP contribution in [0.3, 0.4) is 0 Å². The number of hydrogen-bond acceptors (Lipinski definition) is 8. The molecule has 3 fully saturated rings. The molecule has 10 heteroatoms. The van der Waals surface area contributed by atoms with Crippen molar-refractivity contribution in [2.24, 2.45) is 23.7 Å². The first-order valence-electron chi connectivity index (χ1n) is 14.0. The normalized spacial score (nSPS) is 24.7. The van der Waals surface area contributed by atoms with Gasteiger partial charge in [-0.15, -0.1) is 0 Å². The van der Waals surface area contributed by atoms with Gasteiger partial charge >= 0.3 is 5.97 Å². The van der Waals surface area contributed by atoms with Crippen LogP contribution in [0.4, 0.5) is 5.82 Å². The molecule has 1 aromatic carbocycles. The van der Waals surface area contributed by atoms with Crippen LogP contribution in [0.25, 0.3) is 11.4 Å². The number of aromatic nitrogens is 2. The summed E-state index contributed by atoms with van der Waals surface area (Å²) in [6.07, 6.45) is 0. The minimum atomic E-state index is -0.661. The zero-order valence-corrected chi connectivity index (χ0v) is 23.1. The summed E-state index contributed by atoms with van der Waals surface area (Å²) in [5.41, 5.74) is 1.02. The second kappa shape index (κ2) is 11.3. The van der Waals surface area contributed by atoms with Gasteiger partial charge in [-0.2, -0.15) is 0 Å². The fourth-order valence-electron chi connectivity index (χ4n) is 5.79. The van der Waals surface area contributed by atoms with Gasteiger partial charge < -0.3 is 25.2 Å². The Hall–Kier alpha value is -3.53. The van der Waals surface area contributed by atoms with Gasteiger partial charge in [0.15, 0.2) is 5.82 Å². The third kappa shape index (κ3) is 5.75. The molecule has 0 bridgehead atoms. The maximum Gasteiger partial charge on any atom is 0.309 e. The average Bonchev–Trinajstić information content (AvgIpc) is 3.44. The number of anilines is 1. The topological polar surface area (TPSA) is 117 Å². The molecule has 5 rings (SSSR count). The van der Waals surface area contributed by atoms with Gasteiger partial charge in [0.2, 0.25) is 5.91 Å². The number of hydrogen-bond donors (Lipinski definition) is 2. The molecular formula is C29H38N6O4. The molecule has 2 N–H and O–H groups in total. The smallest absolute Gasteiger partial charge is 0.309 e. The second-order valence-corrected chi connectivity index (χ2v) is 11.1. The highest BCUT2D eigenvalue weighted by atomic mass is 16.5.